The third-order valence-corrected chi connectivity index (χ3v) is 12.4. The second-order valence-electron chi connectivity index (χ2n) is 18.5. The van der Waals surface area contributed by atoms with Gasteiger partial charge in [-0.25, -0.2) is 0 Å². The first kappa shape index (κ1) is 58.4. The van der Waals surface area contributed by atoms with Crippen LogP contribution in [0.3, 0.4) is 0 Å². The van der Waals surface area contributed by atoms with E-state index in [4.69, 9.17) is 14.2 Å². The molecule has 0 aromatic heterocycles. The van der Waals surface area contributed by atoms with Gasteiger partial charge < -0.3 is 14.2 Å². The summed E-state index contributed by atoms with van der Waals surface area (Å²) in [5, 5.41) is 0. The van der Waals surface area contributed by atoms with Gasteiger partial charge in [-0.05, 0) is 19.3 Å². The second kappa shape index (κ2) is 50.1. The first-order chi connectivity index (χ1) is 29.5. The maximum Gasteiger partial charge on any atom is 0.306 e. The van der Waals surface area contributed by atoms with Crippen LogP contribution in [0.5, 0.6) is 0 Å². The minimum absolute atomic E-state index is 0.0616. The topological polar surface area (TPSA) is 78.9 Å². The highest BCUT2D eigenvalue weighted by Crippen LogP contribution is 2.17. The zero-order valence-electron chi connectivity index (χ0n) is 40.8. The summed E-state index contributed by atoms with van der Waals surface area (Å²) in [7, 11) is 0. The van der Waals surface area contributed by atoms with Crippen molar-refractivity contribution >= 4 is 17.9 Å². The van der Waals surface area contributed by atoms with Gasteiger partial charge in [-0.2, -0.15) is 0 Å². The van der Waals surface area contributed by atoms with Gasteiger partial charge in [-0.15, -0.1) is 0 Å². The molecule has 0 radical (unpaired) electrons. The van der Waals surface area contributed by atoms with Gasteiger partial charge in [-0.3, -0.25) is 14.4 Å². The number of esters is 3. The summed E-state index contributed by atoms with van der Waals surface area (Å²) >= 11 is 0. The molecule has 0 heterocycles. The van der Waals surface area contributed by atoms with Crippen molar-refractivity contribution < 1.29 is 28.6 Å². The van der Waals surface area contributed by atoms with Crippen LogP contribution in [0, 0.1) is 0 Å². The predicted molar refractivity (Wildman–Crippen MR) is 257 cm³/mol. The summed E-state index contributed by atoms with van der Waals surface area (Å²) < 4.78 is 16.8. The summed E-state index contributed by atoms with van der Waals surface area (Å²) in [6.45, 7) is 6.68. The van der Waals surface area contributed by atoms with Crippen molar-refractivity contribution in [1.82, 2.24) is 0 Å². The van der Waals surface area contributed by atoms with Gasteiger partial charge in [0.05, 0.1) is 0 Å². The molecule has 6 heteroatoms. The molecule has 0 aliphatic heterocycles. The molecule has 0 bridgehead atoms. The molecule has 6 nitrogen and oxygen atoms in total. The Bertz CT molecular complexity index is 889. The lowest BCUT2D eigenvalue weighted by molar-refractivity contribution is -0.167. The minimum Gasteiger partial charge on any atom is -0.462 e. The predicted octanol–water partition coefficient (Wildman–Crippen LogP) is 17.6. The lowest BCUT2D eigenvalue weighted by Gasteiger charge is -2.18. The molecule has 60 heavy (non-hydrogen) atoms. The Morgan fingerprint density at radius 3 is 0.667 bits per heavy atom. The highest BCUT2D eigenvalue weighted by Gasteiger charge is 2.19. The van der Waals surface area contributed by atoms with Crippen LogP contribution in [0.25, 0.3) is 0 Å². The van der Waals surface area contributed by atoms with E-state index in [2.05, 4.69) is 20.8 Å². The van der Waals surface area contributed by atoms with Crippen LogP contribution in [-0.2, 0) is 28.6 Å². The van der Waals surface area contributed by atoms with Crippen molar-refractivity contribution in [2.45, 2.75) is 316 Å². The Morgan fingerprint density at radius 1 is 0.267 bits per heavy atom. The molecular weight excluding hydrogens is 745 g/mol. The van der Waals surface area contributed by atoms with E-state index in [0.29, 0.717) is 19.3 Å². The molecule has 0 aliphatic rings. The standard InChI is InChI=1S/C54H104O6/c1-4-7-10-13-16-19-22-24-26-27-28-30-33-36-39-42-45-48-54(57)60-51(49-58-52(55)46-43-40-37-34-31-21-18-15-12-9-6-3)50-59-53(56)47-44-41-38-35-32-29-25-23-20-17-14-11-8-5-2/h51H,4-50H2,1-3H3/t51-/m0/s1. The first-order valence-corrected chi connectivity index (χ1v) is 27.0. The number of carbonyl (C=O) groups is 3. The molecule has 0 saturated heterocycles. The van der Waals surface area contributed by atoms with Gasteiger partial charge >= 0.3 is 17.9 Å². The Kier molecular flexibility index (Phi) is 48.7. The Morgan fingerprint density at radius 2 is 0.450 bits per heavy atom. The van der Waals surface area contributed by atoms with Gasteiger partial charge in [-0.1, -0.05) is 271 Å². The van der Waals surface area contributed by atoms with E-state index in [1.54, 1.807) is 0 Å². The largest absolute Gasteiger partial charge is 0.462 e. The van der Waals surface area contributed by atoms with E-state index in [1.807, 2.05) is 0 Å². The van der Waals surface area contributed by atoms with Crippen LogP contribution in [0.15, 0.2) is 0 Å². The number of hydrogen-bond donors (Lipinski definition) is 0. The SMILES string of the molecule is CCCCCCCCCCCCCCCCCCCC(=O)O[C@@H](COC(=O)CCCCCCCCCCCCC)COC(=O)CCCCCCCCCCCCCCCC. The van der Waals surface area contributed by atoms with Gasteiger partial charge in [0.2, 0.25) is 0 Å². The maximum atomic E-state index is 12.8. The summed E-state index contributed by atoms with van der Waals surface area (Å²) in [5.41, 5.74) is 0. The van der Waals surface area contributed by atoms with Gasteiger partial charge in [0.15, 0.2) is 6.10 Å². The van der Waals surface area contributed by atoms with Crippen molar-refractivity contribution in [3.05, 3.63) is 0 Å². The monoisotopic (exact) mass is 849 g/mol. The lowest BCUT2D eigenvalue weighted by Crippen LogP contribution is -2.30. The molecule has 356 valence electrons. The van der Waals surface area contributed by atoms with Crippen molar-refractivity contribution in [3.63, 3.8) is 0 Å². The van der Waals surface area contributed by atoms with Crippen molar-refractivity contribution in [1.29, 1.82) is 0 Å². The third kappa shape index (κ3) is 47.5. The van der Waals surface area contributed by atoms with Crippen LogP contribution in [0.4, 0.5) is 0 Å². The fourth-order valence-electron chi connectivity index (χ4n) is 8.27. The van der Waals surface area contributed by atoms with Crippen LogP contribution < -0.4 is 0 Å². The van der Waals surface area contributed by atoms with E-state index in [9.17, 15) is 14.4 Å². The zero-order chi connectivity index (χ0) is 43.7. The normalized spacial score (nSPS) is 11.8. The maximum absolute atomic E-state index is 12.8. The molecule has 0 spiro atoms. The van der Waals surface area contributed by atoms with Crippen LogP contribution in [0.2, 0.25) is 0 Å². The number of hydrogen-bond acceptors (Lipinski definition) is 6. The fourth-order valence-corrected chi connectivity index (χ4v) is 8.27. The van der Waals surface area contributed by atoms with Crippen molar-refractivity contribution in [2.24, 2.45) is 0 Å². The van der Waals surface area contributed by atoms with Crippen LogP contribution >= 0.6 is 0 Å². The highest BCUT2D eigenvalue weighted by atomic mass is 16.6. The summed E-state index contributed by atoms with van der Waals surface area (Å²) in [4.78, 5) is 38.0. The molecule has 0 aliphatic carbocycles. The van der Waals surface area contributed by atoms with E-state index in [1.165, 1.54) is 212 Å². The number of rotatable bonds is 50. The van der Waals surface area contributed by atoms with Crippen molar-refractivity contribution in [2.75, 3.05) is 13.2 Å². The van der Waals surface area contributed by atoms with Gasteiger partial charge in [0, 0.05) is 19.3 Å². The summed E-state index contributed by atoms with van der Waals surface area (Å²) in [6.07, 6.45) is 53.7. The molecule has 0 saturated carbocycles. The van der Waals surface area contributed by atoms with E-state index in [-0.39, 0.29) is 31.1 Å². The molecule has 0 rings (SSSR count). The molecule has 0 unspecified atom stereocenters. The Labute approximate surface area is 374 Å². The summed E-state index contributed by atoms with van der Waals surface area (Å²) in [5.74, 6) is -0.838. The second-order valence-corrected chi connectivity index (χ2v) is 18.5. The molecule has 0 N–H and O–H groups in total. The van der Waals surface area contributed by atoms with Crippen LogP contribution in [-0.4, -0.2) is 37.2 Å². The Balaban J connectivity index is 4.28. The molecule has 0 aromatic rings. The van der Waals surface area contributed by atoms with Gasteiger partial charge in [0.25, 0.3) is 0 Å². The average Bonchev–Trinajstić information content (AvgIpc) is 3.24. The zero-order valence-corrected chi connectivity index (χ0v) is 40.8. The summed E-state index contributed by atoms with van der Waals surface area (Å²) in [6, 6.07) is 0. The number of ether oxygens (including phenoxy) is 3. The first-order valence-electron chi connectivity index (χ1n) is 27.0. The number of unbranched alkanes of at least 4 members (excludes halogenated alkanes) is 39. The molecule has 0 aromatic carbocycles. The van der Waals surface area contributed by atoms with Gasteiger partial charge in [0.1, 0.15) is 13.2 Å². The lowest BCUT2D eigenvalue weighted by atomic mass is 10.0. The van der Waals surface area contributed by atoms with Crippen molar-refractivity contribution in [3.8, 4) is 0 Å². The molecular formula is C54H104O6. The van der Waals surface area contributed by atoms with Crippen LogP contribution in [0.1, 0.15) is 310 Å². The quantitative estimate of drug-likeness (QED) is 0.0345. The minimum atomic E-state index is -0.759. The highest BCUT2D eigenvalue weighted by molar-refractivity contribution is 5.71. The average molecular weight is 849 g/mol. The number of carbonyl (C=O) groups excluding carboxylic acids is 3. The van der Waals surface area contributed by atoms with E-state index >= 15 is 0 Å². The third-order valence-electron chi connectivity index (χ3n) is 12.4. The smallest absolute Gasteiger partial charge is 0.306 e. The van der Waals surface area contributed by atoms with E-state index in [0.717, 1.165) is 57.8 Å². The molecule has 0 amide bonds. The fraction of sp³-hybridized carbons (Fsp3) is 0.944. The molecule has 0 fully saturated rings. The Hall–Kier alpha value is -1.59. The van der Waals surface area contributed by atoms with E-state index < -0.39 is 6.10 Å². The molecule has 1 atom stereocenters.